The molecule has 0 aromatic carbocycles. The molecule has 3 aliphatic rings. The average Bonchev–Trinajstić information content (AvgIpc) is 2.97. The van der Waals surface area contributed by atoms with Gasteiger partial charge in [0.2, 0.25) is 5.91 Å². The van der Waals surface area contributed by atoms with Gasteiger partial charge >= 0.3 is 0 Å². The van der Waals surface area contributed by atoms with Crippen LogP contribution in [0.3, 0.4) is 0 Å². The number of amides is 1. The lowest BCUT2D eigenvalue weighted by Gasteiger charge is -2.40. The van der Waals surface area contributed by atoms with Crippen molar-refractivity contribution in [3.63, 3.8) is 0 Å². The molecule has 1 saturated heterocycles. The molecule has 3 nitrogen and oxygen atoms in total. The van der Waals surface area contributed by atoms with E-state index in [1.165, 1.54) is 44.9 Å². The first kappa shape index (κ1) is 12.5. The minimum absolute atomic E-state index is 0.153. The van der Waals surface area contributed by atoms with Crippen LogP contribution in [0.2, 0.25) is 0 Å². The molecule has 18 heavy (non-hydrogen) atoms. The van der Waals surface area contributed by atoms with E-state index in [0.717, 1.165) is 25.3 Å². The summed E-state index contributed by atoms with van der Waals surface area (Å²) in [6, 6.07) is 0.545. The Morgan fingerprint density at radius 2 is 1.83 bits per heavy atom. The number of carbonyl (C=O) groups excluding carboxylic acids is 1. The number of carbonyl (C=O) groups is 1. The molecular weight excluding hydrogens is 224 g/mol. The van der Waals surface area contributed by atoms with Gasteiger partial charge < -0.3 is 10.6 Å². The van der Waals surface area contributed by atoms with Gasteiger partial charge in [-0.2, -0.15) is 0 Å². The van der Waals surface area contributed by atoms with Crippen molar-refractivity contribution < 1.29 is 4.79 Å². The molecule has 102 valence electrons. The van der Waals surface area contributed by atoms with Gasteiger partial charge in [0.15, 0.2) is 0 Å². The molecule has 2 aliphatic carbocycles. The van der Waals surface area contributed by atoms with E-state index in [2.05, 4.69) is 4.90 Å². The predicted molar refractivity (Wildman–Crippen MR) is 72.1 cm³/mol. The molecule has 1 aliphatic heterocycles. The molecule has 0 radical (unpaired) electrons. The molecule has 3 fully saturated rings. The zero-order valence-electron chi connectivity index (χ0n) is 11.4. The van der Waals surface area contributed by atoms with Crippen molar-refractivity contribution in [1.29, 1.82) is 0 Å². The van der Waals surface area contributed by atoms with Crippen molar-refractivity contribution in [2.45, 2.75) is 75.8 Å². The van der Waals surface area contributed by atoms with Gasteiger partial charge in [-0.05, 0) is 50.9 Å². The average molecular weight is 250 g/mol. The van der Waals surface area contributed by atoms with E-state index in [4.69, 9.17) is 5.73 Å². The second-order valence-electron chi connectivity index (χ2n) is 6.73. The summed E-state index contributed by atoms with van der Waals surface area (Å²) in [6.45, 7) is 0.982. The summed E-state index contributed by atoms with van der Waals surface area (Å²) in [4.78, 5) is 14.7. The highest BCUT2D eigenvalue weighted by Gasteiger charge is 2.40. The molecule has 1 atom stereocenters. The minimum Gasteiger partial charge on any atom is -0.339 e. The number of nitrogens with zero attached hydrogens (tertiary/aromatic N) is 1. The summed E-state index contributed by atoms with van der Waals surface area (Å²) in [7, 11) is 0. The van der Waals surface area contributed by atoms with Crippen LogP contribution in [0.15, 0.2) is 0 Å². The monoisotopic (exact) mass is 250 g/mol. The molecule has 0 bridgehead atoms. The Labute approximate surface area is 110 Å². The Morgan fingerprint density at radius 1 is 1.11 bits per heavy atom. The van der Waals surface area contributed by atoms with Crippen LogP contribution in [0.5, 0.6) is 0 Å². The van der Waals surface area contributed by atoms with Gasteiger partial charge in [-0.15, -0.1) is 0 Å². The number of rotatable bonds is 3. The fraction of sp³-hybridized carbons (Fsp3) is 0.933. The van der Waals surface area contributed by atoms with Crippen LogP contribution in [-0.4, -0.2) is 28.9 Å². The number of hydrogen-bond donors (Lipinski definition) is 1. The third-order valence-corrected chi connectivity index (χ3v) is 5.42. The number of hydrogen-bond acceptors (Lipinski definition) is 2. The molecule has 2 N–H and O–H groups in total. The molecule has 1 heterocycles. The highest BCUT2D eigenvalue weighted by Crippen LogP contribution is 2.38. The molecule has 3 heteroatoms. The van der Waals surface area contributed by atoms with Gasteiger partial charge in [0.05, 0.1) is 0 Å². The van der Waals surface area contributed by atoms with E-state index in [1.54, 1.807) is 0 Å². The van der Waals surface area contributed by atoms with Gasteiger partial charge in [-0.1, -0.05) is 12.8 Å². The SMILES string of the molecule is NC1(CC(=O)N2CCCC2C2CCCC2)CCC1. The maximum Gasteiger partial charge on any atom is 0.224 e. The molecule has 0 aromatic heterocycles. The van der Waals surface area contributed by atoms with E-state index in [0.29, 0.717) is 18.4 Å². The van der Waals surface area contributed by atoms with Gasteiger partial charge in [-0.3, -0.25) is 4.79 Å². The summed E-state index contributed by atoms with van der Waals surface area (Å²) in [5, 5.41) is 0. The normalized spacial score (nSPS) is 31.6. The lowest BCUT2D eigenvalue weighted by Crippen LogP contribution is -2.51. The second kappa shape index (κ2) is 4.84. The first-order chi connectivity index (χ1) is 8.68. The van der Waals surface area contributed by atoms with Crippen molar-refractivity contribution in [2.24, 2.45) is 11.7 Å². The number of nitrogens with two attached hydrogens (primary N) is 1. The lowest BCUT2D eigenvalue weighted by molar-refractivity contribution is -0.135. The van der Waals surface area contributed by atoms with Gasteiger partial charge in [0.25, 0.3) is 0 Å². The van der Waals surface area contributed by atoms with E-state index in [-0.39, 0.29) is 5.54 Å². The molecule has 3 rings (SSSR count). The molecule has 1 amide bonds. The largest absolute Gasteiger partial charge is 0.339 e. The van der Waals surface area contributed by atoms with Crippen molar-refractivity contribution in [3.8, 4) is 0 Å². The summed E-state index contributed by atoms with van der Waals surface area (Å²) in [6.07, 6.45) is 11.7. The summed E-state index contributed by atoms with van der Waals surface area (Å²) in [5.74, 6) is 1.12. The highest BCUT2D eigenvalue weighted by molar-refractivity contribution is 5.78. The summed E-state index contributed by atoms with van der Waals surface area (Å²) in [5.41, 5.74) is 6.07. The first-order valence-electron chi connectivity index (χ1n) is 7.76. The predicted octanol–water partition coefficient (Wildman–Crippen LogP) is 2.44. The third-order valence-electron chi connectivity index (χ3n) is 5.42. The van der Waals surface area contributed by atoms with E-state index in [9.17, 15) is 4.79 Å². The zero-order valence-corrected chi connectivity index (χ0v) is 11.4. The second-order valence-corrected chi connectivity index (χ2v) is 6.73. The van der Waals surface area contributed by atoms with E-state index in [1.807, 2.05) is 0 Å². The Bertz CT molecular complexity index is 318. The Morgan fingerprint density at radius 3 is 2.44 bits per heavy atom. The topological polar surface area (TPSA) is 46.3 Å². The molecule has 2 saturated carbocycles. The van der Waals surface area contributed by atoms with E-state index < -0.39 is 0 Å². The van der Waals surface area contributed by atoms with Gasteiger partial charge in [-0.25, -0.2) is 0 Å². The van der Waals surface area contributed by atoms with Gasteiger partial charge in [0, 0.05) is 24.5 Å². The first-order valence-corrected chi connectivity index (χ1v) is 7.76. The third kappa shape index (κ3) is 2.29. The smallest absolute Gasteiger partial charge is 0.224 e. The highest BCUT2D eigenvalue weighted by atomic mass is 16.2. The van der Waals surface area contributed by atoms with Crippen molar-refractivity contribution in [1.82, 2.24) is 4.90 Å². The molecule has 1 unspecified atom stereocenters. The number of likely N-dealkylation sites (tertiary alicyclic amines) is 1. The van der Waals surface area contributed by atoms with Gasteiger partial charge in [0.1, 0.15) is 0 Å². The Kier molecular flexibility index (Phi) is 3.35. The zero-order chi connectivity index (χ0) is 12.6. The van der Waals surface area contributed by atoms with E-state index >= 15 is 0 Å². The van der Waals surface area contributed by atoms with Crippen molar-refractivity contribution in [2.75, 3.05) is 6.54 Å². The quantitative estimate of drug-likeness (QED) is 0.836. The maximum absolute atomic E-state index is 12.5. The standard InChI is InChI=1S/C15H26N2O/c16-15(8-4-9-15)11-14(18)17-10-3-7-13(17)12-5-1-2-6-12/h12-13H,1-11,16H2. The molecular formula is C15H26N2O. The Hall–Kier alpha value is -0.570. The van der Waals surface area contributed by atoms with Crippen LogP contribution in [0.1, 0.15) is 64.2 Å². The molecule has 0 aromatic rings. The van der Waals surface area contributed by atoms with Crippen LogP contribution in [0.25, 0.3) is 0 Å². The maximum atomic E-state index is 12.5. The molecule has 0 spiro atoms. The van der Waals surface area contributed by atoms with Crippen LogP contribution in [0.4, 0.5) is 0 Å². The van der Waals surface area contributed by atoms with Crippen LogP contribution >= 0.6 is 0 Å². The van der Waals surface area contributed by atoms with Crippen molar-refractivity contribution in [3.05, 3.63) is 0 Å². The fourth-order valence-corrected chi connectivity index (χ4v) is 4.14. The Balaban J connectivity index is 1.61. The van der Waals surface area contributed by atoms with Crippen molar-refractivity contribution >= 4 is 5.91 Å². The summed E-state index contributed by atoms with van der Waals surface area (Å²) >= 11 is 0. The lowest BCUT2D eigenvalue weighted by atomic mass is 9.75. The van der Waals surface area contributed by atoms with Crippen LogP contribution in [0, 0.1) is 5.92 Å². The van der Waals surface area contributed by atoms with Crippen LogP contribution < -0.4 is 5.73 Å². The fourth-order valence-electron chi connectivity index (χ4n) is 4.14. The summed E-state index contributed by atoms with van der Waals surface area (Å²) < 4.78 is 0. The minimum atomic E-state index is -0.153. The van der Waals surface area contributed by atoms with Crippen LogP contribution in [-0.2, 0) is 4.79 Å².